The summed E-state index contributed by atoms with van der Waals surface area (Å²) < 4.78 is 5.45. The largest absolute Gasteiger partial charge is 0.373 e. The van der Waals surface area contributed by atoms with Crippen LogP contribution < -0.4 is 10.6 Å². The van der Waals surface area contributed by atoms with Gasteiger partial charge in [0.1, 0.15) is 6.54 Å². The number of nitrogens with one attached hydrogen (secondary N) is 2. The molecule has 0 aromatic carbocycles. The minimum atomic E-state index is -0.789. The number of ether oxygens (including phenoxy) is 1. The first-order valence-electron chi connectivity index (χ1n) is 5.14. The van der Waals surface area contributed by atoms with Crippen molar-refractivity contribution in [3.05, 3.63) is 0 Å². The molecule has 1 unspecified atom stereocenters. The standard InChI is InChI=1S/C10H15N3O3/c1-10(3-2-6-16-10)7-13-9(15)8(14)12-5-4-11/h2-3,5-7H2,1H3,(H,12,14)(H,13,15). The van der Waals surface area contributed by atoms with Crippen LogP contribution in [0.1, 0.15) is 19.8 Å². The van der Waals surface area contributed by atoms with E-state index in [4.69, 9.17) is 10.00 Å². The maximum atomic E-state index is 11.3. The Hall–Kier alpha value is -1.61. The van der Waals surface area contributed by atoms with Crippen molar-refractivity contribution < 1.29 is 14.3 Å². The summed E-state index contributed by atoms with van der Waals surface area (Å²) in [5, 5.41) is 12.9. The summed E-state index contributed by atoms with van der Waals surface area (Å²) >= 11 is 0. The highest BCUT2D eigenvalue weighted by molar-refractivity contribution is 6.35. The summed E-state index contributed by atoms with van der Waals surface area (Å²) in [5.41, 5.74) is -0.370. The van der Waals surface area contributed by atoms with Crippen LogP contribution in [0.25, 0.3) is 0 Å². The van der Waals surface area contributed by atoms with Gasteiger partial charge in [-0.05, 0) is 19.8 Å². The first-order chi connectivity index (χ1) is 7.57. The number of nitrogens with zero attached hydrogens (tertiary/aromatic N) is 1. The van der Waals surface area contributed by atoms with Crippen LogP contribution in [0.4, 0.5) is 0 Å². The SMILES string of the molecule is CC1(CNC(=O)C(=O)NCC#N)CCCO1. The molecule has 1 fully saturated rings. The number of hydrogen-bond donors (Lipinski definition) is 2. The Balaban J connectivity index is 2.29. The molecule has 0 spiro atoms. The van der Waals surface area contributed by atoms with Crippen LogP contribution in [0.15, 0.2) is 0 Å². The van der Waals surface area contributed by atoms with Gasteiger partial charge in [-0.25, -0.2) is 0 Å². The van der Waals surface area contributed by atoms with Crippen molar-refractivity contribution in [2.45, 2.75) is 25.4 Å². The molecule has 1 saturated heterocycles. The number of amides is 2. The number of nitriles is 1. The zero-order valence-electron chi connectivity index (χ0n) is 9.21. The average Bonchev–Trinajstić information content (AvgIpc) is 2.70. The van der Waals surface area contributed by atoms with Crippen LogP contribution in [-0.2, 0) is 14.3 Å². The topological polar surface area (TPSA) is 91.2 Å². The van der Waals surface area contributed by atoms with E-state index < -0.39 is 11.8 Å². The predicted octanol–water partition coefficient (Wildman–Crippen LogP) is -0.689. The van der Waals surface area contributed by atoms with Crippen molar-refractivity contribution in [2.75, 3.05) is 19.7 Å². The van der Waals surface area contributed by atoms with Crippen molar-refractivity contribution in [3.8, 4) is 6.07 Å². The molecule has 0 aromatic rings. The molecule has 0 aliphatic carbocycles. The second-order valence-electron chi connectivity index (χ2n) is 3.93. The molecular formula is C10H15N3O3. The molecule has 2 N–H and O–H groups in total. The van der Waals surface area contributed by atoms with Crippen LogP contribution in [0, 0.1) is 11.3 Å². The fraction of sp³-hybridized carbons (Fsp3) is 0.700. The molecule has 1 atom stereocenters. The minimum Gasteiger partial charge on any atom is -0.373 e. The molecule has 6 nitrogen and oxygen atoms in total. The molecular weight excluding hydrogens is 210 g/mol. The molecule has 1 rings (SSSR count). The smallest absolute Gasteiger partial charge is 0.310 e. The predicted molar refractivity (Wildman–Crippen MR) is 55.2 cm³/mol. The molecule has 16 heavy (non-hydrogen) atoms. The van der Waals surface area contributed by atoms with Gasteiger partial charge in [0.25, 0.3) is 0 Å². The van der Waals surface area contributed by atoms with Gasteiger partial charge in [0.15, 0.2) is 0 Å². The third kappa shape index (κ3) is 3.51. The van der Waals surface area contributed by atoms with Gasteiger partial charge >= 0.3 is 11.8 Å². The maximum absolute atomic E-state index is 11.3. The molecule has 1 heterocycles. The lowest BCUT2D eigenvalue weighted by Gasteiger charge is -2.22. The molecule has 1 aliphatic heterocycles. The molecule has 88 valence electrons. The lowest BCUT2D eigenvalue weighted by atomic mass is 10.0. The third-order valence-corrected chi connectivity index (χ3v) is 2.46. The number of carbonyl (C=O) groups excluding carboxylic acids is 2. The van der Waals surface area contributed by atoms with E-state index in [-0.39, 0.29) is 12.1 Å². The summed E-state index contributed by atoms with van der Waals surface area (Å²) in [6.45, 7) is 2.73. The van der Waals surface area contributed by atoms with Gasteiger partial charge < -0.3 is 15.4 Å². The molecule has 2 amide bonds. The summed E-state index contributed by atoms with van der Waals surface area (Å²) in [5.74, 6) is -1.52. The van der Waals surface area contributed by atoms with Gasteiger partial charge in [-0.3, -0.25) is 9.59 Å². The van der Waals surface area contributed by atoms with E-state index in [1.807, 2.05) is 6.92 Å². The fourth-order valence-electron chi connectivity index (χ4n) is 1.52. The highest BCUT2D eigenvalue weighted by Crippen LogP contribution is 2.23. The van der Waals surface area contributed by atoms with Crippen molar-refractivity contribution >= 4 is 11.8 Å². The zero-order chi connectivity index (χ0) is 12.0. The fourth-order valence-corrected chi connectivity index (χ4v) is 1.52. The molecule has 6 heteroatoms. The first-order valence-corrected chi connectivity index (χ1v) is 5.14. The highest BCUT2D eigenvalue weighted by atomic mass is 16.5. The van der Waals surface area contributed by atoms with E-state index in [0.717, 1.165) is 12.8 Å². The first kappa shape index (κ1) is 12.5. The second kappa shape index (κ2) is 5.47. The number of rotatable bonds is 3. The maximum Gasteiger partial charge on any atom is 0.310 e. The van der Waals surface area contributed by atoms with Crippen LogP contribution >= 0.6 is 0 Å². The molecule has 0 aromatic heterocycles. The minimum absolute atomic E-state index is 0.167. The lowest BCUT2D eigenvalue weighted by molar-refractivity contribution is -0.139. The molecule has 0 saturated carbocycles. The van der Waals surface area contributed by atoms with E-state index in [1.54, 1.807) is 6.07 Å². The van der Waals surface area contributed by atoms with Crippen molar-refractivity contribution in [3.63, 3.8) is 0 Å². The monoisotopic (exact) mass is 225 g/mol. The van der Waals surface area contributed by atoms with Gasteiger partial charge in [0.2, 0.25) is 0 Å². The van der Waals surface area contributed by atoms with Crippen LogP contribution in [0.5, 0.6) is 0 Å². The van der Waals surface area contributed by atoms with E-state index >= 15 is 0 Å². The van der Waals surface area contributed by atoms with Gasteiger partial charge in [-0.1, -0.05) is 0 Å². The van der Waals surface area contributed by atoms with Gasteiger partial charge in [-0.15, -0.1) is 0 Å². The van der Waals surface area contributed by atoms with Crippen molar-refractivity contribution in [1.29, 1.82) is 5.26 Å². The van der Waals surface area contributed by atoms with E-state index in [0.29, 0.717) is 13.2 Å². The van der Waals surface area contributed by atoms with Gasteiger partial charge in [-0.2, -0.15) is 5.26 Å². The quantitative estimate of drug-likeness (QED) is 0.491. The summed E-state index contributed by atoms with van der Waals surface area (Å²) in [6.07, 6.45) is 1.83. The Bertz CT molecular complexity index is 316. The van der Waals surface area contributed by atoms with Gasteiger partial charge in [0.05, 0.1) is 11.7 Å². The second-order valence-corrected chi connectivity index (χ2v) is 3.93. The Morgan fingerprint density at radius 2 is 2.12 bits per heavy atom. The molecule has 0 radical (unpaired) electrons. The van der Waals surface area contributed by atoms with E-state index in [9.17, 15) is 9.59 Å². The van der Waals surface area contributed by atoms with E-state index in [1.165, 1.54) is 0 Å². The van der Waals surface area contributed by atoms with Crippen LogP contribution in [0.2, 0.25) is 0 Å². The Morgan fingerprint density at radius 1 is 1.44 bits per heavy atom. The summed E-state index contributed by atoms with van der Waals surface area (Å²) in [6, 6.07) is 1.72. The molecule has 1 aliphatic rings. The third-order valence-electron chi connectivity index (χ3n) is 2.46. The van der Waals surface area contributed by atoms with Crippen molar-refractivity contribution in [1.82, 2.24) is 10.6 Å². The Morgan fingerprint density at radius 3 is 2.69 bits per heavy atom. The van der Waals surface area contributed by atoms with Crippen LogP contribution in [0.3, 0.4) is 0 Å². The van der Waals surface area contributed by atoms with E-state index in [2.05, 4.69) is 10.6 Å². The lowest BCUT2D eigenvalue weighted by Crippen LogP contribution is -2.46. The summed E-state index contributed by atoms with van der Waals surface area (Å²) in [7, 11) is 0. The summed E-state index contributed by atoms with van der Waals surface area (Å²) in [4.78, 5) is 22.4. The van der Waals surface area contributed by atoms with Crippen molar-refractivity contribution in [2.24, 2.45) is 0 Å². The average molecular weight is 225 g/mol. The Kier molecular flexibility index (Phi) is 4.26. The van der Waals surface area contributed by atoms with Gasteiger partial charge in [0, 0.05) is 13.2 Å². The Labute approximate surface area is 93.9 Å². The number of hydrogen-bond acceptors (Lipinski definition) is 4. The van der Waals surface area contributed by atoms with Crippen LogP contribution in [-0.4, -0.2) is 37.1 Å². The highest BCUT2D eigenvalue weighted by Gasteiger charge is 2.30. The zero-order valence-corrected chi connectivity index (χ0v) is 9.21. The normalized spacial score (nSPS) is 23.5. The molecule has 0 bridgehead atoms. The number of carbonyl (C=O) groups is 2.